The summed E-state index contributed by atoms with van der Waals surface area (Å²) in [6.45, 7) is 9.63. The highest BCUT2D eigenvalue weighted by Gasteiger charge is 2.16. The molecule has 3 N–H and O–H groups in total. The minimum Gasteiger partial charge on any atom is -0.392 e. The van der Waals surface area contributed by atoms with Crippen molar-refractivity contribution in [2.75, 3.05) is 19.6 Å². The first-order valence-electron chi connectivity index (χ1n) is 5.56. The Morgan fingerprint density at radius 2 is 1.94 bits per heavy atom. The van der Waals surface area contributed by atoms with Gasteiger partial charge in [0.15, 0.2) is 0 Å². The summed E-state index contributed by atoms with van der Waals surface area (Å²) in [6, 6.07) is 0. The topological polar surface area (TPSA) is 58.4 Å². The first-order chi connectivity index (χ1) is 7.24. The number of amides is 1. The van der Waals surface area contributed by atoms with Gasteiger partial charge in [0.25, 0.3) is 0 Å². The molecule has 94 valence electrons. The molecule has 0 fully saturated rings. The fourth-order valence-corrected chi connectivity index (χ4v) is 1.59. The number of rotatable bonds is 6. The van der Waals surface area contributed by atoms with Crippen molar-refractivity contribution in [1.82, 2.24) is 10.2 Å². The molecule has 0 heterocycles. The number of hydrogen-bond acceptors (Lipinski definition) is 3. The van der Waals surface area contributed by atoms with Crippen molar-refractivity contribution in [3.63, 3.8) is 0 Å². The number of carbonyl (C=O) groups is 1. The molecular formula is C11H23N3OS. The summed E-state index contributed by atoms with van der Waals surface area (Å²) in [5.74, 6) is 0.0113. The number of nitrogens with two attached hydrogens (primary N) is 1. The molecule has 0 atom stereocenters. The quantitative estimate of drug-likeness (QED) is 0.683. The average molecular weight is 245 g/mol. The van der Waals surface area contributed by atoms with Gasteiger partial charge in [-0.1, -0.05) is 19.1 Å². The van der Waals surface area contributed by atoms with Crippen LogP contribution in [-0.2, 0) is 4.79 Å². The van der Waals surface area contributed by atoms with Crippen LogP contribution in [-0.4, -0.2) is 41.0 Å². The molecule has 4 nitrogen and oxygen atoms in total. The zero-order chi connectivity index (χ0) is 12.8. The molecule has 0 bridgehead atoms. The van der Waals surface area contributed by atoms with Gasteiger partial charge in [0, 0.05) is 12.1 Å². The van der Waals surface area contributed by atoms with Crippen LogP contribution in [0.4, 0.5) is 0 Å². The summed E-state index contributed by atoms with van der Waals surface area (Å²) in [5, 5.41) is 2.92. The Balaban J connectivity index is 4.17. The second-order valence-corrected chi connectivity index (χ2v) is 5.50. The van der Waals surface area contributed by atoms with E-state index in [0.29, 0.717) is 18.1 Å². The van der Waals surface area contributed by atoms with Gasteiger partial charge in [0.1, 0.15) is 0 Å². The predicted octanol–water partition coefficient (Wildman–Crippen LogP) is 0.899. The van der Waals surface area contributed by atoms with Crippen LogP contribution in [0.25, 0.3) is 0 Å². The summed E-state index contributed by atoms with van der Waals surface area (Å²) < 4.78 is 0. The molecule has 5 heteroatoms. The zero-order valence-electron chi connectivity index (χ0n) is 10.7. The molecule has 0 aromatic heterocycles. The lowest BCUT2D eigenvalue weighted by atomic mass is 10.1. The van der Waals surface area contributed by atoms with Crippen LogP contribution < -0.4 is 11.1 Å². The first-order valence-corrected chi connectivity index (χ1v) is 5.97. The third-order valence-electron chi connectivity index (χ3n) is 1.80. The van der Waals surface area contributed by atoms with Crippen molar-refractivity contribution < 1.29 is 4.79 Å². The van der Waals surface area contributed by atoms with E-state index in [1.807, 2.05) is 25.7 Å². The summed E-state index contributed by atoms with van der Waals surface area (Å²) in [6.07, 6.45) is 0.978. The van der Waals surface area contributed by atoms with Gasteiger partial charge in [-0.05, 0) is 33.7 Å². The maximum atomic E-state index is 11.7. The van der Waals surface area contributed by atoms with Gasteiger partial charge in [-0.2, -0.15) is 0 Å². The number of nitrogens with zero attached hydrogens (tertiary/aromatic N) is 1. The zero-order valence-corrected chi connectivity index (χ0v) is 11.5. The van der Waals surface area contributed by atoms with Gasteiger partial charge < -0.3 is 11.1 Å². The van der Waals surface area contributed by atoms with Crippen molar-refractivity contribution >= 4 is 23.1 Å². The van der Waals surface area contributed by atoms with Crippen LogP contribution in [0.5, 0.6) is 0 Å². The van der Waals surface area contributed by atoms with Crippen molar-refractivity contribution in [3.8, 4) is 0 Å². The Bertz CT molecular complexity index is 248. The lowest BCUT2D eigenvalue weighted by Gasteiger charge is -2.25. The van der Waals surface area contributed by atoms with Gasteiger partial charge in [-0.15, -0.1) is 0 Å². The molecule has 0 aliphatic rings. The van der Waals surface area contributed by atoms with Gasteiger partial charge in [-0.3, -0.25) is 9.69 Å². The van der Waals surface area contributed by atoms with Gasteiger partial charge in [-0.25, -0.2) is 0 Å². The van der Waals surface area contributed by atoms with Crippen LogP contribution in [0.15, 0.2) is 0 Å². The molecule has 0 spiro atoms. The smallest absolute Gasteiger partial charge is 0.234 e. The Kier molecular flexibility index (Phi) is 6.52. The largest absolute Gasteiger partial charge is 0.392 e. The van der Waals surface area contributed by atoms with Gasteiger partial charge in [0.2, 0.25) is 5.91 Å². The number of carbonyl (C=O) groups excluding carboxylic acids is 1. The normalized spacial score (nSPS) is 11.6. The maximum absolute atomic E-state index is 11.7. The van der Waals surface area contributed by atoms with E-state index in [2.05, 4.69) is 12.2 Å². The fraction of sp³-hybridized carbons (Fsp3) is 0.818. The summed E-state index contributed by atoms with van der Waals surface area (Å²) >= 11 is 4.85. The SMILES string of the molecule is CCCN(CC(=O)NC(C)(C)C)CC(N)=S. The monoisotopic (exact) mass is 245 g/mol. The predicted molar refractivity (Wildman–Crippen MR) is 71.4 cm³/mol. The third kappa shape index (κ3) is 8.61. The number of hydrogen-bond donors (Lipinski definition) is 2. The highest BCUT2D eigenvalue weighted by molar-refractivity contribution is 7.80. The lowest BCUT2D eigenvalue weighted by molar-refractivity contribution is -0.123. The lowest BCUT2D eigenvalue weighted by Crippen LogP contribution is -2.47. The Morgan fingerprint density at radius 1 is 1.38 bits per heavy atom. The molecule has 0 aliphatic carbocycles. The number of thiocarbonyl (C=S) groups is 1. The van der Waals surface area contributed by atoms with Gasteiger partial charge >= 0.3 is 0 Å². The molecular weight excluding hydrogens is 222 g/mol. The standard InChI is InChI=1S/C11H23N3OS/c1-5-6-14(7-9(12)16)8-10(15)13-11(2,3)4/h5-8H2,1-4H3,(H2,12,16)(H,13,15). The maximum Gasteiger partial charge on any atom is 0.234 e. The molecule has 0 radical (unpaired) electrons. The second kappa shape index (κ2) is 6.81. The highest BCUT2D eigenvalue weighted by Crippen LogP contribution is 1.99. The van der Waals surface area contributed by atoms with Crippen LogP contribution in [0.1, 0.15) is 34.1 Å². The van der Waals surface area contributed by atoms with E-state index >= 15 is 0 Å². The Labute approximate surface area is 104 Å². The molecule has 0 saturated heterocycles. The minimum absolute atomic E-state index is 0.0113. The van der Waals surface area contributed by atoms with E-state index in [0.717, 1.165) is 13.0 Å². The summed E-state index contributed by atoms with van der Waals surface area (Å²) in [4.78, 5) is 14.1. The van der Waals surface area contributed by atoms with Crippen molar-refractivity contribution in [2.45, 2.75) is 39.7 Å². The second-order valence-electron chi connectivity index (χ2n) is 4.98. The third-order valence-corrected chi connectivity index (χ3v) is 1.93. The van der Waals surface area contributed by atoms with Crippen LogP contribution >= 0.6 is 12.2 Å². The molecule has 0 saturated carbocycles. The molecule has 0 aromatic carbocycles. The first kappa shape index (κ1) is 15.3. The summed E-state index contributed by atoms with van der Waals surface area (Å²) in [5.41, 5.74) is 5.29. The number of nitrogens with one attached hydrogen (secondary N) is 1. The minimum atomic E-state index is -0.196. The fourth-order valence-electron chi connectivity index (χ4n) is 1.41. The highest BCUT2D eigenvalue weighted by atomic mass is 32.1. The van der Waals surface area contributed by atoms with Crippen molar-refractivity contribution in [3.05, 3.63) is 0 Å². The Hall–Kier alpha value is -0.680. The molecule has 1 amide bonds. The van der Waals surface area contributed by atoms with Crippen LogP contribution in [0.2, 0.25) is 0 Å². The molecule has 16 heavy (non-hydrogen) atoms. The molecule has 0 aromatic rings. The van der Waals surface area contributed by atoms with E-state index in [9.17, 15) is 4.79 Å². The van der Waals surface area contributed by atoms with Crippen molar-refractivity contribution in [1.29, 1.82) is 0 Å². The van der Waals surface area contributed by atoms with Gasteiger partial charge in [0.05, 0.1) is 11.5 Å². The summed E-state index contributed by atoms with van der Waals surface area (Å²) in [7, 11) is 0. The Morgan fingerprint density at radius 3 is 2.31 bits per heavy atom. The molecule has 0 unspecified atom stereocenters. The van der Waals surface area contributed by atoms with E-state index < -0.39 is 0 Å². The van der Waals surface area contributed by atoms with E-state index in [4.69, 9.17) is 18.0 Å². The van der Waals surface area contributed by atoms with E-state index in [-0.39, 0.29) is 11.4 Å². The van der Waals surface area contributed by atoms with Crippen LogP contribution in [0.3, 0.4) is 0 Å². The van der Waals surface area contributed by atoms with E-state index in [1.54, 1.807) is 0 Å². The van der Waals surface area contributed by atoms with Crippen molar-refractivity contribution in [2.24, 2.45) is 5.73 Å². The van der Waals surface area contributed by atoms with E-state index in [1.165, 1.54) is 0 Å². The molecule has 0 rings (SSSR count). The average Bonchev–Trinajstić information content (AvgIpc) is 1.98. The van der Waals surface area contributed by atoms with Crippen LogP contribution in [0, 0.1) is 0 Å². The molecule has 0 aliphatic heterocycles.